The van der Waals surface area contributed by atoms with Gasteiger partial charge in [-0.05, 0) is 29.5 Å². The van der Waals surface area contributed by atoms with E-state index in [1.54, 1.807) is 0 Å². The summed E-state index contributed by atoms with van der Waals surface area (Å²) in [6.07, 6.45) is 1.18. The fourth-order valence-electron chi connectivity index (χ4n) is 1.55. The van der Waals surface area contributed by atoms with E-state index >= 15 is 0 Å². The van der Waals surface area contributed by atoms with Crippen LogP contribution in [0.4, 0.5) is 0 Å². The molecule has 0 spiro atoms. The van der Waals surface area contributed by atoms with Gasteiger partial charge < -0.3 is 5.32 Å². The first-order chi connectivity index (χ1) is 7.54. The first-order valence-corrected chi connectivity index (χ1v) is 7.02. The minimum Gasteiger partial charge on any atom is -0.313 e. The number of halogens is 1. The second-order valence-corrected chi connectivity index (χ2v) is 5.96. The summed E-state index contributed by atoms with van der Waals surface area (Å²) in [6, 6.07) is 8.92. The maximum Gasteiger partial charge on any atom is 0.0205 e. The SMILES string of the molecule is CC(C)(C)c1ccc(CNCCCBr)cc1. The fraction of sp³-hybridized carbons (Fsp3) is 0.571. The minimum atomic E-state index is 0.252. The van der Waals surface area contributed by atoms with Crippen LogP contribution in [0.15, 0.2) is 24.3 Å². The average molecular weight is 284 g/mol. The molecule has 1 N–H and O–H groups in total. The third-order valence-corrected chi connectivity index (χ3v) is 3.20. The van der Waals surface area contributed by atoms with E-state index in [0.29, 0.717) is 0 Å². The van der Waals surface area contributed by atoms with Gasteiger partial charge in [0.25, 0.3) is 0 Å². The zero-order valence-corrected chi connectivity index (χ0v) is 12.1. The van der Waals surface area contributed by atoms with Crippen molar-refractivity contribution in [1.29, 1.82) is 0 Å². The summed E-state index contributed by atoms with van der Waals surface area (Å²) in [7, 11) is 0. The molecule has 2 heteroatoms. The van der Waals surface area contributed by atoms with Gasteiger partial charge in [-0.1, -0.05) is 61.0 Å². The molecule has 0 unspecified atom stereocenters. The van der Waals surface area contributed by atoms with Gasteiger partial charge >= 0.3 is 0 Å². The summed E-state index contributed by atoms with van der Waals surface area (Å²) in [5, 5.41) is 4.50. The van der Waals surface area contributed by atoms with E-state index in [9.17, 15) is 0 Å². The van der Waals surface area contributed by atoms with E-state index in [1.165, 1.54) is 17.5 Å². The Kier molecular flexibility index (Phi) is 5.50. The monoisotopic (exact) mass is 283 g/mol. The van der Waals surface area contributed by atoms with E-state index in [2.05, 4.69) is 66.3 Å². The maximum absolute atomic E-state index is 3.43. The first-order valence-electron chi connectivity index (χ1n) is 5.90. The van der Waals surface area contributed by atoms with E-state index in [1.807, 2.05) is 0 Å². The van der Waals surface area contributed by atoms with Crippen molar-refractivity contribution >= 4 is 15.9 Å². The summed E-state index contributed by atoms with van der Waals surface area (Å²) >= 11 is 3.43. The van der Waals surface area contributed by atoms with Crippen molar-refractivity contribution in [2.45, 2.75) is 39.2 Å². The zero-order valence-electron chi connectivity index (χ0n) is 10.5. The highest BCUT2D eigenvalue weighted by atomic mass is 79.9. The van der Waals surface area contributed by atoms with Gasteiger partial charge in [0.15, 0.2) is 0 Å². The van der Waals surface area contributed by atoms with Crippen LogP contribution in [0.25, 0.3) is 0 Å². The standard InChI is InChI=1S/C14H22BrN/c1-14(2,3)13-7-5-12(6-8-13)11-16-10-4-9-15/h5-8,16H,4,9-11H2,1-3H3. The molecule has 0 aromatic heterocycles. The molecule has 0 radical (unpaired) electrons. The molecule has 0 aliphatic rings. The Morgan fingerprint density at radius 2 is 1.75 bits per heavy atom. The van der Waals surface area contributed by atoms with Crippen LogP contribution < -0.4 is 5.32 Å². The lowest BCUT2D eigenvalue weighted by molar-refractivity contribution is 0.589. The fourth-order valence-corrected chi connectivity index (χ4v) is 1.83. The molecule has 0 heterocycles. The number of nitrogens with one attached hydrogen (secondary N) is 1. The quantitative estimate of drug-likeness (QED) is 0.639. The molecule has 1 aromatic carbocycles. The first kappa shape index (κ1) is 13.7. The molecule has 0 aliphatic carbocycles. The van der Waals surface area contributed by atoms with Gasteiger partial charge in [-0.2, -0.15) is 0 Å². The van der Waals surface area contributed by atoms with Crippen LogP contribution in [0.3, 0.4) is 0 Å². The molecule has 0 atom stereocenters. The lowest BCUT2D eigenvalue weighted by atomic mass is 9.87. The maximum atomic E-state index is 3.43. The number of benzene rings is 1. The van der Waals surface area contributed by atoms with Gasteiger partial charge in [0, 0.05) is 11.9 Å². The van der Waals surface area contributed by atoms with Crippen LogP contribution in [0.2, 0.25) is 0 Å². The number of alkyl halides is 1. The number of hydrogen-bond acceptors (Lipinski definition) is 1. The molecular weight excluding hydrogens is 262 g/mol. The van der Waals surface area contributed by atoms with Crippen LogP contribution in [0.5, 0.6) is 0 Å². The third kappa shape index (κ3) is 4.67. The van der Waals surface area contributed by atoms with Gasteiger partial charge in [-0.3, -0.25) is 0 Å². The van der Waals surface area contributed by atoms with E-state index in [4.69, 9.17) is 0 Å². The van der Waals surface area contributed by atoms with E-state index in [-0.39, 0.29) is 5.41 Å². The van der Waals surface area contributed by atoms with Gasteiger partial charge in [-0.15, -0.1) is 0 Å². The van der Waals surface area contributed by atoms with Crippen molar-refractivity contribution in [3.63, 3.8) is 0 Å². The molecule has 16 heavy (non-hydrogen) atoms. The van der Waals surface area contributed by atoms with Gasteiger partial charge in [0.1, 0.15) is 0 Å². The van der Waals surface area contributed by atoms with Gasteiger partial charge in [0.2, 0.25) is 0 Å². The molecule has 90 valence electrons. The molecule has 1 aromatic rings. The largest absolute Gasteiger partial charge is 0.313 e. The topological polar surface area (TPSA) is 12.0 Å². The van der Waals surface area contributed by atoms with Crippen LogP contribution in [-0.4, -0.2) is 11.9 Å². The summed E-state index contributed by atoms with van der Waals surface area (Å²) in [6.45, 7) is 8.78. The van der Waals surface area contributed by atoms with Crippen LogP contribution in [-0.2, 0) is 12.0 Å². The minimum absolute atomic E-state index is 0.252. The van der Waals surface area contributed by atoms with Gasteiger partial charge in [-0.25, -0.2) is 0 Å². The number of hydrogen-bond donors (Lipinski definition) is 1. The summed E-state index contributed by atoms with van der Waals surface area (Å²) in [5.41, 5.74) is 3.02. The zero-order chi connectivity index (χ0) is 12.0. The predicted molar refractivity (Wildman–Crippen MR) is 75.3 cm³/mol. The molecule has 0 aliphatic heterocycles. The molecule has 0 saturated carbocycles. The lowest BCUT2D eigenvalue weighted by Crippen LogP contribution is -2.15. The van der Waals surface area contributed by atoms with E-state index < -0.39 is 0 Å². The van der Waals surface area contributed by atoms with Crippen molar-refractivity contribution in [1.82, 2.24) is 5.32 Å². The Labute approximate surface area is 108 Å². The Morgan fingerprint density at radius 3 is 2.25 bits per heavy atom. The Balaban J connectivity index is 2.46. The number of rotatable bonds is 5. The molecule has 0 amide bonds. The lowest BCUT2D eigenvalue weighted by Gasteiger charge is -2.19. The molecular formula is C14H22BrN. The molecule has 1 rings (SSSR count). The highest BCUT2D eigenvalue weighted by molar-refractivity contribution is 9.09. The summed E-state index contributed by atoms with van der Waals surface area (Å²) in [5.74, 6) is 0. The highest BCUT2D eigenvalue weighted by Gasteiger charge is 2.12. The second kappa shape index (κ2) is 6.41. The van der Waals surface area contributed by atoms with Crippen molar-refractivity contribution in [2.24, 2.45) is 0 Å². The van der Waals surface area contributed by atoms with Crippen LogP contribution in [0.1, 0.15) is 38.3 Å². The van der Waals surface area contributed by atoms with Crippen molar-refractivity contribution < 1.29 is 0 Å². The Hall–Kier alpha value is -0.340. The molecule has 0 fully saturated rings. The Morgan fingerprint density at radius 1 is 1.12 bits per heavy atom. The van der Waals surface area contributed by atoms with Crippen LogP contribution >= 0.6 is 15.9 Å². The smallest absolute Gasteiger partial charge is 0.0205 e. The second-order valence-electron chi connectivity index (χ2n) is 5.17. The highest BCUT2D eigenvalue weighted by Crippen LogP contribution is 2.22. The normalized spacial score (nSPS) is 11.8. The van der Waals surface area contributed by atoms with Gasteiger partial charge in [0.05, 0.1) is 0 Å². The molecule has 0 saturated heterocycles. The molecule has 0 bridgehead atoms. The van der Waals surface area contributed by atoms with E-state index in [0.717, 1.165) is 18.4 Å². The summed E-state index contributed by atoms with van der Waals surface area (Å²) in [4.78, 5) is 0. The predicted octanol–water partition coefficient (Wildman–Crippen LogP) is 3.86. The van der Waals surface area contributed by atoms with Crippen molar-refractivity contribution in [2.75, 3.05) is 11.9 Å². The average Bonchev–Trinajstić information content (AvgIpc) is 2.24. The van der Waals surface area contributed by atoms with Crippen molar-refractivity contribution in [3.05, 3.63) is 35.4 Å². The molecule has 1 nitrogen and oxygen atoms in total. The van der Waals surface area contributed by atoms with Crippen LogP contribution in [0, 0.1) is 0 Å². The van der Waals surface area contributed by atoms with Crippen molar-refractivity contribution in [3.8, 4) is 0 Å². The summed E-state index contributed by atoms with van der Waals surface area (Å²) < 4.78 is 0. The third-order valence-electron chi connectivity index (χ3n) is 2.64. The Bertz CT molecular complexity index is 298.